The Hall–Kier alpha value is -16.9. The van der Waals surface area contributed by atoms with Gasteiger partial charge in [-0.25, -0.2) is 29.9 Å². The van der Waals surface area contributed by atoms with Gasteiger partial charge in [-0.15, -0.1) is 34.0 Å². The van der Waals surface area contributed by atoms with Crippen LogP contribution in [-0.2, 0) is 0 Å². The minimum Gasteiger partial charge on any atom is -0.455 e. The molecule has 29 rings (SSSR count). The van der Waals surface area contributed by atoms with Crippen molar-refractivity contribution in [1.29, 1.82) is 0 Å². The van der Waals surface area contributed by atoms with Gasteiger partial charge in [0.25, 0.3) is 0 Å². The summed E-state index contributed by atoms with van der Waals surface area (Å²) in [5, 5.41) is 20.6. The number of nitrogens with zero attached hydrogens (tertiary/aromatic N) is 10. The van der Waals surface area contributed by atoms with E-state index in [-0.39, 0.29) is 0 Å². The van der Waals surface area contributed by atoms with Crippen molar-refractivity contribution in [2.75, 3.05) is 0 Å². The average molecular weight is 1740 g/mol. The second-order valence-corrected chi connectivity index (χ2v) is 36.6. The Balaban J connectivity index is 0.000000101. The second kappa shape index (κ2) is 30.4. The molecule has 0 amide bonds. The van der Waals surface area contributed by atoms with Gasteiger partial charge >= 0.3 is 0 Å². The highest BCUT2D eigenvalue weighted by atomic mass is 32.1. The maximum atomic E-state index is 6.55. The molecule has 0 aliphatic rings. The molecule has 0 bridgehead atoms. The normalized spacial score (nSPS) is 11.9. The van der Waals surface area contributed by atoms with Crippen molar-refractivity contribution in [3.63, 3.8) is 0 Å². The van der Waals surface area contributed by atoms with Crippen LogP contribution in [0.15, 0.2) is 429 Å². The summed E-state index contributed by atoms with van der Waals surface area (Å²) >= 11 is 5.58. The van der Waals surface area contributed by atoms with E-state index >= 15 is 0 Å². The summed E-state index contributed by atoms with van der Waals surface area (Å²) in [4.78, 5) is 30.6. The van der Waals surface area contributed by atoms with Gasteiger partial charge in [0, 0.05) is 149 Å². The van der Waals surface area contributed by atoms with E-state index < -0.39 is 0 Å². The molecule has 0 radical (unpaired) electrons. The highest BCUT2D eigenvalue weighted by molar-refractivity contribution is 7.28. The summed E-state index contributed by atoms with van der Waals surface area (Å²) < 4.78 is 23.3. The summed E-state index contributed by atoms with van der Waals surface area (Å²) in [6.07, 6.45) is 3.78. The minimum absolute atomic E-state index is 0.633. The van der Waals surface area contributed by atoms with Crippen LogP contribution in [0.3, 0.4) is 0 Å². The maximum Gasteiger partial charge on any atom is 0.235 e. The maximum absolute atomic E-state index is 6.55. The lowest BCUT2D eigenvalue weighted by molar-refractivity contribution is 0.673. The smallest absolute Gasteiger partial charge is 0.235 e. The molecule has 0 N–H and O–H groups in total. The van der Waals surface area contributed by atoms with Gasteiger partial charge in [0.15, 0.2) is 0 Å². The van der Waals surface area contributed by atoms with Crippen LogP contribution in [0.4, 0.5) is 0 Å². The van der Waals surface area contributed by atoms with Crippen molar-refractivity contribution < 1.29 is 4.42 Å². The molecule has 14 heteroatoms. The number of rotatable bonds is 9. The third-order valence-electron chi connectivity index (χ3n) is 26.1. The molecule has 0 saturated heterocycles. The number of hydrogen-bond acceptors (Lipinski definition) is 10. The first-order valence-electron chi connectivity index (χ1n) is 44.2. The van der Waals surface area contributed by atoms with Gasteiger partial charge in [-0.05, 0) is 125 Å². The van der Waals surface area contributed by atoms with Crippen molar-refractivity contribution >= 4 is 215 Å². The van der Waals surface area contributed by atoms with Gasteiger partial charge in [-0.1, -0.05) is 309 Å². The molecule has 29 aromatic rings. The summed E-state index contributed by atoms with van der Waals surface area (Å²) in [7, 11) is 0. The first kappa shape index (κ1) is 75.3. The summed E-state index contributed by atoms with van der Waals surface area (Å²) in [6.45, 7) is 0. The molecule has 0 saturated carbocycles. The number of furan rings is 1. The molecule has 0 aliphatic carbocycles. The van der Waals surface area contributed by atoms with E-state index in [0.29, 0.717) is 17.8 Å². The quantitative estimate of drug-likeness (QED) is 0.142. The Kier molecular flexibility index (Phi) is 17.3. The highest BCUT2D eigenvalue weighted by Gasteiger charge is 2.27. The standard InChI is InChI=1S/C40H24N4S.C40H23N3S2.C38H23N3O/c1-2-10-26(11-3-1)43-33-15-7-4-12-27(33)28-19-18-25(24-36(28)43)32-22-23-41-40(42-32)44-34-16-8-5-14-31(34)38-35(44)21-20-30-29-13-6-9-17-37(29)45-39(30)38;1-2-10-24(11-3-1)25-14-8-16-28-29-20-21-34-36(39(29)45-37(25)28)31-13-4-6-18-33(31)43(34)40-41-23-22-32(42-40)30-17-9-15-27-26-12-5-7-19-35(26)44-38(27)30;1-3-11-24(12-4-1)26-19-20-30-33(23-26)41(32-22-21-28-27-15-8-10-18-34(27)42-37(28)35(30)32)38-39-31-17-9-7-16-29(31)36(40-38)25-13-5-2-6-14-25/h1-24H;1-23H;1-23H. The highest BCUT2D eigenvalue weighted by Crippen LogP contribution is 2.50. The molecule has 11 nitrogen and oxygen atoms in total. The van der Waals surface area contributed by atoms with Gasteiger partial charge in [0.2, 0.25) is 17.8 Å². The first-order valence-corrected chi connectivity index (χ1v) is 46.6. The second-order valence-electron chi connectivity index (χ2n) is 33.4. The van der Waals surface area contributed by atoms with Gasteiger partial charge < -0.3 is 8.98 Å². The zero-order valence-corrected chi connectivity index (χ0v) is 73.0. The SMILES string of the molecule is c1ccc(-c2ccc3c4c5oc6ccccc6c5ccc4n(-c4nc(-c5ccccc5)c5ccccc5n4)c3c2)cc1.c1ccc(-c2cccc3c2sc2c3ccc3c2c2ccccc2n3-c2nccc(-c3cccc4c3sc3ccccc34)n2)cc1.c1ccc(-n2c3ccccc3c3ccc(-c4ccnc(-n5c6ccccc6c6c7sc8ccccc8c7ccc65)n4)cc32)cc1. The molecule has 11 aromatic heterocycles. The van der Waals surface area contributed by atoms with E-state index in [1.165, 1.54) is 109 Å². The van der Waals surface area contributed by atoms with Crippen molar-refractivity contribution in [3.05, 3.63) is 425 Å². The lowest BCUT2D eigenvalue weighted by Crippen LogP contribution is -2.03. The molecule has 0 aliphatic heterocycles. The van der Waals surface area contributed by atoms with Crippen molar-refractivity contribution in [2.24, 2.45) is 0 Å². The molecular weight excluding hydrogens is 1670 g/mol. The molecule has 0 fully saturated rings. The average Bonchev–Trinajstić information content (AvgIpc) is 1.57. The number of thiophene rings is 3. The van der Waals surface area contributed by atoms with E-state index in [9.17, 15) is 0 Å². The van der Waals surface area contributed by atoms with E-state index in [0.717, 1.165) is 133 Å². The summed E-state index contributed by atoms with van der Waals surface area (Å²) in [6, 6.07) is 146. The predicted octanol–water partition coefficient (Wildman–Crippen LogP) is 32.3. The summed E-state index contributed by atoms with van der Waals surface area (Å²) in [5.41, 5.74) is 23.5. The third-order valence-corrected chi connectivity index (χ3v) is 29.8. The van der Waals surface area contributed by atoms with Crippen LogP contribution < -0.4 is 0 Å². The number of benzene rings is 18. The lowest BCUT2D eigenvalue weighted by atomic mass is 10.0. The van der Waals surface area contributed by atoms with E-state index in [2.05, 4.69) is 382 Å². The fourth-order valence-electron chi connectivity index (χ4n) is 20.3. The van der Waals surface area contributed by atoms with Crippen LogP contribution in [0.5, 0.6) is 0 Å². The Morgan fingerprint density at radius 1 is 0.220 bits per heavy atom. The van der Waals surface area contributed by atoms with Crippen LogP contribution in [0, 0.1) is 0 Å². The van der Waals surface area contributed by atoms with Crippen LogP contribution in [0.1, 0.15) is 0 Å². The monoisotopic (exact) mass is 1740 g/mol. The van der Waals surface area contributed by atoms with Gasteiger partial charge in [-0.3, -0.25) is 13.7 Å². The Morgan fingerprint density at radius 3 is 1.33 bits per heavy atom. The zero-order valence-electron chi connectivity index (χ0n) is 70.5. The fraction of sp³-hybridized carbons (Fsp3) is 0. The Morgan fingerprint density at radius 2 is 0.652 bits per heavy atom. The van der Waals surface area contributed by atoms with E-state index in [1.54, 1.807) is 0 Å². The number of aromatic nitrogens is 10. The largest absolute Gasteiger partial charge is 0.455 e. The molecule has 616 valence electrons. The lowest BCUT2D eigenvalue weighted by Gasteiger charge is -2.12. The molecule has 132 heavy (non-hydrogen) atoms. The predicted molar refractivity (Wildman–Crippen MR) is 554 cm³/mol. The van der Waals surface area contributed by atoms with Crippen molar-refractivity contribution in [3.8, 4) is 79.6 Å². The third kappa shape index (κ3) is 11.9. The molecule has 18 aromatic carbocycles. The number of para-hydroxylation sites is 6. The van der Waals surface area contributed by atoms with E-state index in [4.69, 9.17) is 34.3 Å². The molecule has 0 spiro atoms. The number of fused-ring (bicyclic) bond motifs is 28. The molecule has 0 atom stereocenters. The Bertz CT molecular complexity index is 9770. The van der Waals surface area contributed by atoms with Gasteiger partial charge in [0.1, 0.15) is 11.2 Å². The van der Waals surface area contributed by atoms with Crippen molar-refractivity contribution in [1.82, 2.24) is 48.2 Å². The molecule has 0 unspecified atom stereocenters. The summed E-state index contributed by atoms with van der Waals surface area (Å²) in [5.74, 6) is 1.98. The van der Waals surface area contributed by atoms with Crippen LogP contribution in [0.2, 0.25) is 0 Å². The van der Waals surface area contributed by atoms with E-state index in [1.807, 2.05) is 94.9 Å². The van der Waals surface area contributed by atoms with Crippen LogP contribution in [-0.4, -0.2) is 48.2 Å². The van der Waals surface area contributed by atoms with Crippen LogP contribution in [0.25, 0.3) is 260 Å². The fourth-order valence-corrected chi connectivity index (χ4v) is 24.1. The Labute approximate surface area is 765 Å². The molecule has 11 heterocycles. The van der Waals surface area contributed by atoms with Gasteiger partial charge in [0.05, 0.1) is 72.1 Å². The topological polar surface area (TPSA) is 110 Å². The van der Waals surface area contributed by atoms with Crippen molar-refractivity contribution in [2.45, 2.75) is 0 Å². The number of hydrogen-bond donors (Lipinski definition) is 0. The first-order chi connectivity index (χ1) is 65.5. The minimum atomic E-state index is 0.633. The van der Waals surface area contributed by atoms with Gasteiger partial charge in [-0.2, -0.15) is 0 Å². The van der Waals surface area contributed by atoms with Crippen LogP contribution >= 0.6 is 34.0 Å². The molecular formula is C118H70N10OS3. The zero-order chi connectivity index (χ0) is 86.6.